The van der Waals surface area contributed by atoms with Crippen LogP contribution in [0.3, 0.4) is 0 Å². The van der Waals surface area contributed by atoms with Gasteiger partial charge in [-0.15, -0.1) is 0 Å². The monoisotopic (exact) mass is 505 g/mol. The van der Waals surface area contributed by atoms with Crippen LogP contribution in [0.2, 0.25) is 0 Å². The molecule has 4 aromatic rings. The first-order valence-corrected chi connectivity index (χ1v) is 11.4. The van der Waals surface area contributed by atoms with Gasteiger partial charge in [0.2, 0.25) is 0 Å². The number of imidazole rings is 1. The number of halogens is 1. The fourth-order valence-electron chi connectivity index (χ4n) is 3.41. The molecule has 11 heteroatoms. The summed E-state index contributed by atoms with van der Waals surface area (Å²) in [6, 6.07) is 10.8. The molecule has 0 bridgehead atoms. The molecule has 5 N–H and O–H groups in total. The normalized spacial score (nSPS) is 11.3. The van der Waals surface area contributed by atoms with Crippen LogP contribution >= 0.6 is 0 Å². The molecule has 2 aromatic carbocycles. The highest BCUT2D eigenvalue weighted by Crippen LogP contribution is 2.29. The summed E-state index contributed by atoms with van der Waals surface area (Å²) in [6.07, 6.45) is 4.63. The maximum Gasteiger partial charge on any atom is 0.141 e. The molecular formula is C26H28FN7O3. The van der Waals surface area contributed by atoms with Gasteiger partial charge in [-0.3, -0.25) is 5.41 Å². The number of nitrogens with one attached hydrogen (secondary N) is 2. The van der Waals surface area contributed by atoms with Crippen LogP contribution in [0.15, 0.2) is 61.3 Å². The molecule has 2 aromatic heterocycles. The molecule has 0 atom stereocenters. The van der Waals surface area contributed by atoms with E-state index in [4.69, 9.17) is 20.6 Å². The third-order valence-corrected chi connectivity index (χ3v) is 5.34. The molecule has 2 heterocycles. The summed E-state index contributed by atoms with van der Waals surface area (Å²) in [4.78, 5) is 12.2. The van der Waals surface area contributed by atoms with Crippen molar-refractivity contribution in [2.24, 2.45) is 7.05 Å². The van der Waals surface area contributed by atoms with Gasteiger partial charge in [0.25, 0.3) is 0 Å². The first kappa shape index (κ1) is 25.6. The lowest BCUT2D eigenvalue weighted by Crippen LogP contribution is -2.30. The zero-order valence-corrected chi connectivity index (χ0v) is 20.7. The average Bonchev–Trinajstić information content (AvgIpc) is 3.25. The summed E-state index contributed by atoms with van der Waals surface area (Å²) >= 11 is 0. The first-order chi connectivity index (χ1) is 17.6. The van der Waals surface area contributed by atoms with Crippen molar-refractivity contribution in [2.45, 2.75) is 26.1 Å². The molecule has 0 aliphatic rings. The number of nitrogens with zero attached hydrogens (tertiary/aromatic N) is 4. The van der Waals surface area contributed by atoms with Gasteiger partial charge in [-0.25, -0.2) is 19.3 Å². The molecule has 0 amide bonds. The van der Waals surface area contributed by atoms with Gasteiger partial charge in [0.1, 0.15) is 47.6 Å². The number of aryl methyl sites for hydroxylation is 1. The summed E-state index contributed by atoms with van der Waals surface area (Å²) in [5, 5.41) is 21.7. The highest BCUT2D eigenvalue weighted by Gasteiger charge is 2.19. The number of anilines is 2. The van der Waals surface area contributed by atoms with Gasteiger partial charge >= 0.3 is 0 Å². The number of benzene rings is 2. The molecular weight excluding hydrogens is 477 g/mol. The topological polar surface area (TPSA) is 144 Å². The summed E-state index contributed by atoms with van der Waals surface area (Å²) in [5.41, 5.74) is 6.86. The second-order valence-electron chi connectivity index (χ2n) is 9.06. The molecule has 4 rings (SSSR count). The Morgan fingerprint density at radius 2 is 1.86 bits per heavy atom. The van der Waals surface area contributed by atoms with E-state index in [-0.39, 0.29) is 30.4 Å². The lowest BCUT2D eigenvalue weighted by atomic mass is 10.0. The quantitative estimate of drug-likeness (QED) is 0.238. The van der Waals surface area contributed by atoms with Crippen molar-refractivity contribution in [1.82, 2.24) is 19.5 Å². The number of nitrogens with two attached hydrogens (primary N) is 1. The van der Waals surface area contributed by atoms with Gasteiger partial charge in [0.15, 0.2) is 0 Å². The molecule has 0 saturated heterocycles. The zero-order valence-electron chi connectivity index (χ0n) is 20.7. The van der Waals surface area contributed by atoms with Crippen molar-refractivity contribution >= 4 is 17.3 Å². The second kappa shape index (κ2) is 10.6. The van der Waals surface area contributed by atoms with Gasteiger partial charge < -0.3 is 30.2 Å². The number of nitrogen functional groups attached to an aromatic ring is 1. The Labute approximate surface area is 213 Å². The Hall–Kier alpha value is -4.51. The van der Waals surface area contributed by atoms with Crippen LogP contribution in [0.4, 0.5) is 16.0 Å². The van der Waals surface area contributed by atoms with Gasteiger partial charge in [-0.2, -0.15) is 0 Å². The summed E-state index contributed by atoms with van der Waals surface area (Å²) in [7, 11) is 1.85. The Bertz CT molecular complexity index is 1400. The summed E-state index contributed by atoms with van der Waals surface area (Å²) in [6.45, 7) is 3.75. The van der Waals surface area contributed by atoms with Gasteiger partial charge in [-0.05, 0) is 38.1 Å². The van der Waals surface area contributed by atoms with E-state index in [0.29, 0.717) is 28.4 Å². The zero-order chi connectivity index (χ0) is 26.6. The number of aromatic nitrogens is 4. The second-order valence-corrected chi connectivity index (χ2v) is 9.06. The Kier molecular flexibility index (Phi) is 7.35. The highest BCUT2D eigenvalue weighted by atomic mass is 19.1. The minimum absolute atomic E-state index is 0.0968. The van der Waals surface area contributed by atoms with Crippen molar-refractivity contribution in [3.05, 3.63) is 84.0 Å². The predicted octanol–water partition coefficient (Wildman–Crippen LogP) is 3.90. The SMILES string of the molecule is Cn1cncc1COc1cc(F)cc(Oc2ccc(C(=N)c3c(N)ncnc3NCC(C)(C)O)cc2)c1. The molecule has 0 aliphatic carbocycles. The third kappa shape index (κ3) is 6.58. The lowest BCUT2D eigenvalue weighted by molar-refractivity contribution is 0.0944. The first-order valence-electron chi connectivity index (χ1n) is 11.4. The molecule has 0 saturated carbocycles. The van der Waals surface area contributed by atoms with Crippen molar-refractivity contribution in [3.8, 4) is 17.2 Å². The van der Waals surface area contributed by atoms with E-state index in [1.54, 1.807) is 56.7 Å². The van der Waals surface area contributed by atoms with Gasteiger partial charge in [0, 0.05) is 37.4 Å². The Morgan fingerprint density at radius 3 is 2.54 bits per heavy atom. The van der Waals surface area contributed by atoms with Gasteiger partial charge in [-0.1, -0.05) is 0 Å². The van der Waals surface area contributed by atoms with E-state index >= 15 is 0 Å². The molecule has 0 fully saturated rings. The smallest absolute Gasteiger partial charge is 0.141 e. The highest BCUT2D eigenvalue weighted by molar-refractivity contribution is 6.16. The molecule has 0 aliphatic heterocycles. The van der Waals surface area contributed by atoms with E-state index in [9.17, 15) is 9.50 Å². The lowest BCUT2D eigenvalue weighted by Gasteiger charge is -2.20. The van der Waals surface area contributed by atoms with Crippen LogP contribution in [0.25, 0.3) is 0 Å². The molecule has 37 heavy (non-hydrogen) atoms. The molecule has 0 unspecified atom stereocenters. The predicted molar refractivity (Wildman–Crippen MR) is 138 cm³/mol. The van der Waals surface area contributed by atoms with Crippen LogP contribution in [0, 0.1) is 11.2 Å². The van der Waals surface area contributed by atoms with E-state index in [1.807, 2.05) is 11.6 Å². The molecule has 192 valence electrons. The standard InChI is InChI=1S/C26H28FN7O3/c1-26(2,35)13-31-25-22(24(29)32-14-33-25)23(28)16-4-6-19(7-5-16)37-21-9-17(27)8-20(10-21)36-12-18-11-30-15-34(18)3/h4-11,14-15,28,35H,12-13H2,1-3H3,(H3,29,31,32,33). The number of rotatable bonds is 10. The summed E-state index contributed by atoms with van der Waals surface area (Å²) in [5.74, 6) is 1.01. The van der Waals surface area contributed by atoms with Gasteiger partial charge in [0.05, 0.1) is 35.1 Å². The minimum Gasteiger partial charge on any atom is -0.487 e. The number of hydrogen-bond donors (Lipinski definition) is 4. The largest absolute Gasteiger partial charge is 0.487 e. The number of aliphatic hydroxyl groups is 1. The molecule has 0 radical (unpaired) electrons. The fourth-order valence-corrected chi connectivity index (χ4v) is 3.41. The fraction of sp³-hybridized carbons (Fsp3) is 0.231. The van der Waals surface area contributed by atoms with Crippen LogP contribution < -0.4 is 20.5 Å². The molecule has 10 nitrogen and oxygen atoms in total. The van der Waals surface area contributed by atoms with E-state index < -0.39 is 11.4 Å². The number of hydrogen-bond acceptors (Lipinski definition) is 9. The molecule has 0 spiro atoms. The van der Waals surface area contributed by atoms with E-state index in [2.05, 4.69) is 20.3 Å². The Morgan fingerprint density at radius 1 is 1.14 bits per heavy atom. The van der Waals surface area contributed by atoms with E-state index in [0.717, 1.165) is 5.69 Å². The van der Waals surface area contributed by atoms with Crippen LogP contribution in [0.1, 0.15) is 30.7 Å². The maximum atomic E-state index is 14.2. The van der Waals surface area contributed by atoms with E-state index in [1.165, 1.54) is 18.5 Å². The summed E-state index contributed by atoms with van der Waals surface area (Å²) < 4.78 is 27.5. The third-order valence-electron chi connectivity index (χ3n) is 5.34. The average molecular weight is 506 g/mol. The van der Waals surface area contributed by atoms with Crippen molar-refractivity contribution in [1.29, 1.82) is 5.41 Å². The minimum atomic E-state index is -0.988. The Balaban J connectivity index is 1.48. The van der Waals surface area contributed by atoms with Crippen molar-refractivity contribution < 1.29 is 19.0 Å². The van der Waals surface area contributed by atoms with Crippen molar-refractivity contribution in [2.75, 3.05) is 17.6 Å². The van der Waals surface area contributed by atoms with Crippen LogP contribution in [-0.4, -0.2) is 42.5 Å². The van der Waals surface area contributed by atoms with Crippen LogP contribution in [-0.2, 0) is 13.7 Å². The van der Waals surface area contributed by atoms with Crippen LogP contribution in [0.5, 0.6) is 17.2 Å². The number of ether oxygens (including phenoxy) is 2. The van der Waals surface area contributed by atoms with Crippen molar-refractivity contribution in [3.63, 3.8) is 0 Å². The maximum absolute atomic E-state index is 14.2.